The molecule has 0 aliphatic carbocycles. The summed E-state index contributed by atoms with van der Waals surface area (Å²) in [4.78, 5) is 39.7. The Balaban J connectivity index is 1.66. The van der Waals surface area contributed by atoms with Gasteiger partial charge in [-0.2, -0.15) is 5.10 Å². The van der Waals surface area contributed by atoms with Crippen molar-refractivity contribution in [2.75, 3.05) is 26.2 Å². The number of carbonyl (C=O) groups excluding carboxylic acids is 2. The molecule has 2 amide bonds. The number of hydrogen-bond donors (Lipinski definition) is 0. The van der Waals surface area contributed by atoms with Gasteiger partial charge in [-0.25, -0.2) is 4.68 Å². The number of benzene rings is 1. The third-order valence-electron chi connectivity index (χ3n) is 4.14. The van der Waals surface area contributed by atoms with Crippen LogP contribution in [0.2, 0.25) is 10.0 Å². The lowest BCUT2D eigenvalue weighted by molar-refractivity contribution is 0.0531. The lowest BCUT2D eigenvalue weighted by Gasteiger charge is -2.34. The van der Waals surface area contributed by atoms with Crippen molar-refractivity contribution in [3.05, 3.63) is 62.0 Å². The zero-order valence-corrected chi connectivity index (χ0v) is 15.5. The Morgan fingerprint density at radius 3 is 2.00 bits per heavy atom. The Morgan fingerprint density at radius 2 is 1.46 bits per heavy atom. The van der Waals surface area contributed by atoms with Crippen LogP contribution in [0.5, 0.6) is 0 Å². The van der Waals surface area contributed by atoms with Crippen molar-refractivity contribution in [2.24, 2.45) is 7.05 Å². The molecule has 1 saturated heterocycles. The van der Waals surface area contributed by atoms with Crippen LogP contribution >= 0.6 is 23.2 Å². The molecular formula is C17H16Cl2N4O3. The molecule has 0 unspecified atom stereocenters. The molecule has 26 heavy (non-hydrogen) atoms. The van der Waals surface area contributed by atoms with Crippen LogP contribution in [0.4, 0.5) is 0 Å². The molecule has 0 N–H and O–H groups in total. The van der Waals surface area contributed by atoms with Gasteiger partial charge >= 0.3 is 0 Å². The van der Waals surface area contributed by atoms with Crippen LogP contribution in [0.1, 0.15) is 20.8 Å². The highest BCUT2D eigenvalue weighted by Gasteiger charge is 2.26. The second-order valence-corrected chi connectivity index (χ2v) is 6.80. The Morgan fingerprint density at radius 1 is 0.923 bits per heavy atom. The van der Waals surface area contributed by atoms with Crippen LogP contribution < -0.4 is 5.56 Å². The van der Waals surface area contributed by atoms with Crippen molar-refractivity contribution < 1.29 is 9.59 Å². The monoisotopic (exact) mass is 394 g/mol. The predicted molar refractivity (Wildman–Crippen MR) is 97.7 cm³/mol. The maximum Gasteiger partial charge on any atom is 0.274 e. The maximum absolute atomic E-state index is 12.6. The summed E-state index contributed by atoms with van der Waals surface area (Å²) in [6.07, 6.45) is 0. The Labute approximate surface area is 159 Å². The first-order valence-electron chi connectivity index (χ1n) is 7.94. The average Bonchev–Trinajstić information content (AvgIpc) is 2.62. The van der Waals surface area contributed by atoms with E-state index in [9.17, 15) is 14.4 Å². The first kappa shape index (κ1) is 18.4. The van der Waals surface area contributed by atoms with Crippen LogP contribution in [-0.4, -0.2) is 57.6 Å². The summed E-state index contributed by atoms with van der Waals surface area (Å²) in [5, 5.41) is 4.77. The van der Waals surface area contributed by atoms with Crippen molar-refractivity contribution in [2.45, 2.75) is 0 Å². The molecule has 0 bridgehead atoms. The van der Waals surface area contributed by atoms with E-state index in [1.54, 1.807) is 28.0 Å². The molecule has 0 radical (unpaired) electrons. The summed E-state index contributed by atoms with van der Waals surface area (Å²) in [6, 6.07) is 7.43. The Hall–Kier alpha value is -2.38. The fraction of sp³-hybridized carbons (Fsp3) is 0.294. The van der Waals surface area contributed by atoms with Crippen LogP contribution in [0.3, 0.4) is 0 Å². The van der Waals surface area contributed by atoms with Crippen molar-refractivity contribution in [3.63, 3.8) is 0 Å². The van der Waals surface area contributed by atoms with Gasteiger partial charge in [0.25, 0.3) is 17.4 Å². The molecule has 1 aliphatic rings. The molecule has 0 saturated carbocycles. The predicted octanol–water partition coefficient (Wildman–Crippen LogP) is 1.69. The number of hydrogen-bond acceptors (Lipinski definition) is 4. The fourth-order valence-electron chi connectivity index (χ4n) is 2.75. The van der Waals surface area contributed by atoms with E-state index in [-0.39, 0.29) is 23.1 Å². The molecule has 2 heterocycles. The maximum atomic E-state index is 12.6. The summed E-state index contributed by atoms with van der Waals surface area (Å²) >= 11 is 11.9. The number of piperazine rings is 1. The number of amides is 2. The van der Waals surface area contributed by atoms with E-state index in [4.69, 9.17) is 23.2 Å². The summed E-state index contributed by atoms with van der Waals surface area (Å²) in [7, 11) is 1.49. The van der Waals surface area contributed by atoms with E-state index in [0.29, 0.717) is 41.8 Å². The summed E-state index contributed by atoms with van der Waals surface area (Å²) in [5.74, 6) is -0.444. The van der Waals surface area contributed by atoms with Gasteiger partial charge in [-0.1, -0.05) is 23.2 Å². The van der Waals surface area contributed by atoms with Gasteiger partial charge < -0.3 is 9.80 Å². The van der Waals surface area contributed by atoms with Crippen LogP contribution in [0.25, 0.3) is 0 Å². The summed E-state index contributed by atoms with van der Waals surface area (Å²) in [6.45, 7) is 1.54. The van der Waals surface area contributed by atoms with E-state index < -0.39 is 0 Å². The molecule has 136 valence electrons. The van der Waals surface area contributed by atoms with Gasteiger partial charge in [0.15, 0.2) is 0 Å². The van der Waals surface area contributed by atoms with Crippen molar-refractivity contribution in [1.29, 1.82) is 0 Å². The second-order valence-electron chi connectivity index (χ2n) is 5.92. The van der Waals surface area contributed by atoms with Gasteiger partial charge in [-0.05, 0) is 24.3 Å². The standard InChI is InChI=1S/C17H16Cl2N4O3/c1-21-15(24)3-2-14(20-21)17(26)23-6-4-22(5-7-23)16(25)11-8-12(18)10-13(19)9-11/h2-3,8-10H,4-7H2,1H3. The van der Waals surface area contributed by atoms with Crippen molar-refractivity contribution in [1.82, 2.24) is 19.6 Å². The average molecular weight is 395 g/mol. The SMILES string of the molecule is Cn1nc(C(=O)N2CCN(C(=O)c3cc(Cl)cc(Cl)c3)CC2)ccc1=O. The highest BCUT2D eigenvalue weighted by Crippen LogP contribution is 2.21. The topological polar surface area (TPSA) is 75.5 Å². The molecule has 1 aliphatic heterocycles. The molecule has 3 rings (SSSR count). The molecule has 7 nitrogen and oxygen atoms in total. The van der Waals surface area contributed by atoms with Gasteiger partial charge in [0.05, 0.1) is 0 Å². The minimum atomic E-state index is -0.280. The smallest absolute Gasteiger partial charge is 0.274 e. The largest absolute Gasteiger partial charge is 0.335 e. The van der Waals surface area contributed by atoms with Gasteiger partial charge in [0, 0.05) is 54.9 Å². The molecule has 0 spiro atoms. The highest BCUT2D eigenvalue weighted by molar-refractivity contribution is 6.35. The minimum Gasteiger partial charge on any atom is -0.335 e. The first-order valence-corrected chi connectivity index (χ1v) is 8.70. The first-order chi connectivity index (χ1) is 12.3. The van der Waals surface area contributed by atoms with Crippen molar-refractivity contribution >= 4 is 35.0 Å². The molecule has 0 atom stereocenters. The van der Waals surface area contributed by atoms with Gasteiger partial charge in [-0.15, -0.1) is 0 Å². The third kappa shape index (κ3) is 3.89. The second kappa shape index (κ2) is 7.47. The normalized spacial score (nSPS) is 14.4. The molecule has 1 aromatic heterocycles. The molecule has 9 heteroatoms. The van der Waals surface area contributed by atoms with Crippen LogP contribution in [-0.2, 0) is 7.05 Å². The number of aryl methyl sites for hydroxylation is 1. The Bertz CT molecular complexity index is 900. The Kier molecular flexibility index (Phi) is 5.29. The number of halogens is 2. The molecule has 1 aromatic carbocycles. The highest BCUT2D eigenvalue weighted by atomic mass is 35.5. The minimum absolute atomic E-state index is 0.179. The zero-order chi connectivity index (χ0) is 18.8. The number of rotatable bonds is 2. The van der Waals surface area contributed by atoms with Crippen LogP contribution in [0.15, 0.2) is 35.1 Å². The number of aromatic nitrogens is 2. The summed E-state index contributed by atoms with van der Waals surface area (Å²) < 4.78 is 1.12. The molecule has 2 aromatic rings. The van der Waals surface area contributed by atoms with Gasteiger partial charge in [-0.3, -0.25) is 14.4 Å². The van der Waals surface area contributed by atoms with E-state index in [1.807, 2.05) is 0 Å². The lowest BCUT2D eigenvalue weighted by atomic mass is 10.1. The summed E-state index contributed by atoms with van der Waals surface area (Å²) in [5.41, 5.74) is 0.340. The quantitative estimate of drug-likeness (QED) is 0.776. The van der Waals surface area contributed by atoms with E-state index in [2.05, 4.69) is 5.10 Å². The van der Waals surface area contributed by atoms with E-state index in [1.165, 1.54) is 19.2 Å². The molecule has 1 fully saturated rings. The number of nitrogens with zero attached hydrogens (tertiary/aromatic N) is 4. The van der Waals surface area contributed by atoms with Gasteiger partial charge in [0.2, 0.25) is 0 Å². The van der Waals surface area contributed by atoms with Crippen LogP contribution in [0, 0.1) is 0 Å². The van der Waals surface area contributed by atoms with Crippen molar-refractivity contribution in [3.8, 4) is 0 Å². The molecular weight excluding hydrogens is 379 g/mol. The van der Waals surface area contributed by atoms with Gasteiger partial charge in [0.1, 0.15) is 5.69 Å². The number of carbonyl (C=O) groups is 2. The fourth-order valence-corrected chi connectivity index (χ4v) is 3.28. The zero-order valence-electron chi connectivity index (χ0n) is 14.0. The third-order valence-corrected chi connectivity index (χ3v) is 4.58. The van der Waals surface area contributed by atoms with E-state index in [0.717, 1.165) is 4.68 Å². The van der Waals surface area contributed by atoms with E-state index >= 15 is 0 Å². The lowest BCUT2D eigenvalue weighted by Crippen LogP contribution is -2.50.